The lowest BCUT2D eigenvalue weighted by Crippen LogP contribution is -2.03. The molecule has 0 unspecified atom stereocenters. The highest BCUT2D eigenvalue weighted by Crippen LogP contribution is 2.27. The van der Waals surface area contributed by atoms with Crippen molar-refractivity contribution in [3.8, 4) is 0 Å². The van der Waals surface area contributed by atoms with Gasteiger partial charge in [0, 0.05) is 0 Å². The highest BCUT2D eigenvalue weighted by Gasteiger charge is 2.17. The number of ether oxygens (including phenoxy) is 1. The Bertz CT molecular complexity index is 553. The molecule has 0 fully saturated rings. The fourth-order valence-electron chi connectivity index (χ4n) is 1.42. The van der Waals surface area contributed by atoms with Crippen LogP contribution >= 0.6 is 23.4 Å². The van der Waals surface area contributed by atoms with Crippen molar-refractivity contribution < 1.29 is 9.53 Å². The Labute approximate surface area is 101 Å². The standard InChI is InChI=1S/C10H9ClN2O2S/c1-15-9(14)7-5(11)3-4-6-8(7)13-10(12-6)16-2/h3-4H,1-2H3,(H,12,13). The van der Waals surface area contributed by atoms with Gasteiger partial charge in [-0.25, -0.2) is 9.78 Å². The third-order valence-electron chi connectivity index (χ3n) is 2.16. The second kappa shape index (κ2) is 4.35. The van der Waals surface area contributed by atoms with E-state index in [1.54, 1.807) is 12.1 Å². The molecule has 1 aromatic heterocycles. The largest absolute Gasteiger partial charge is 0.465 e. The molecule has 0 saturated heterocycles. The number of imidazole rings is 1. The van der Waals surface area contributed by atoms with E-state index in [1.165, 1.54) is 18.9 Å². The maximum Gasteiger partial charge on any atom is 0.341 e. The Morgan fingerprint density at radius 2 is 2.31 bits per heavy atom. The molecule has 0 spiro atoms. The lowest BCUT2D eigenvalue weighted by atomic mass is 10.2. The summed E-state index contributed by atoms with van der Waals surface area (Å²) in [6, 6.07) is 3.44. The fourth-order valence-corrected chi connectivity index (χ4v) is 2.05. The second-order valence-electron chi connectivity index (χ2n) is 3.06. The molecule has 0 amide bonds. The molecule has 0 aliphatic carbocycles. The third kappa shape index (κ3) is 1.76. The molecule has 0 radical (unpaired) electrons. The van der Waals surface area contributed by atoms with Gasteiger partial charge >= 0.3 is 5.97 Å². The number of H-pyrrole nitrogens is 1. The van der Waals surface area contributed by atoms with Crippen LogP contribution in [-0.4, -0.2) is 29.3 Å². The fraction of sp³-hybridized carbons (Fsp3) is 0.200. The number of carbonyl (C=O) groups excluding carboxylic acids is 1. The molecular weight excluding hydrogens is 248 g/mol. The molecule has 6 heteroatoms. The number of aromatic nitrogens is 2. The maximum atomic E-state index is 11.6. The lowest BCUT2D eigenvalue weighted by molar-refractivity contribution is 0.0603. The summed E-state index contributed by atoms with van der Waals surface area (Å²) in [6.45, 7) is 0. The quantitative estimate of drug-likeness (QED) is 0.663. The number of carbonyl (C=O) groups is 1. The molecule has 4 nitrogen and oxygen atoms in total. The van der Waals surface area contributed by atoms with Crippen molar-refractivity contribution in [2.45, 2.75) is 5.16 Å². The molecule has 0 bridgehead atoms. The van der Waals surface area contributed by atoms with E-state index >= 15 is 0 Å². The van der Waals surface area contributed by atoms with Crippen LogP contribution in [0.5, 0.6) is 0 Å². The number of rotatable bonds is 2. The first-order valence-electron chi connectivity index (χ1n) is 4.48. The number of hydrogen-bond donors (Lipinski definition) is 1. The van der Waals surface area contributed by atoms with Crippen LogP contribution in [0.3, 0.4) is 0 Å². The summed E-state index contributed by atoms with van der Waals surface area (Å²) in [5.41, 5.74) is 1.62. The zero-order valence-electron chi connectivity index (χ0n) is 8.70. The Balaban J connectivity index is 2.73. The molecule has 0 aliphatic heterocycles. The number of fused-ring (bicyclic) bond motifs is 1. The van der Waals surface area contributed by atoms with E-state index in [9.17, 15) is 4.79 Å². The minimum absolute atomic E-state index is 0.304. The van der Waals surface area contributed by atoms with E-state index in [-0.39, 0.29) is 0 Å². The zero-order valence-corrected chi connectivity index (χ0v) is 10.3. The summed E-state index contributed by atoms with van der Waals surface area (Å²) in [5.74, 6) is -0.477. The van der Waals surface area contributed by atoms with Crippen LogP contribution in [0.4, 0.5) is 0 Å². The first-order valence-corrected chi connectivity index (χ1v) is 6.08. The van der Waals surface area contributed by atoms with Gasteiger partial charge in [-0.15, -0.1) is 0 Å². The predicted octanol–water partition coefficient (Wildman–Crippen LogP) is 2.72. The van der Waals surface area contributed by atoms with Crippen molar-refractivity contribution in [1.29, 1.82) is 0 Å². The van der Waals surface area contributed by atoms with Crippen LogP contribution in [0, 0.1) is 0 Å². The molecular formula is C10H9ClN2O2S. The number of halogens is 1. The molecule has 16 heavy (non-hydrogen) atoms. The van der Waals surface area contributed by atoms with Gasteiger partial charge in [-0.1, -0.05) is 23.4 Å². The van der Waals surface area contributed by atoms with Crippen LogP contribution < -0.4 is 0 Å². The van der Waals surface area contributed by atoms with Gasteiger partial charge in [-0.2, -0.15) is 0 Å². The highest BCUT2D eigenvalue weighted by atomic mass is 35.5. The van der Waals surface area contributed by atoms with Gasteiger partial charge in [-0.05, 0) is 18.4 Å². The van der Waals surface area contributed by atoms with Crippen LogP contribution in [0.15, 0.2) is 17.3 Å². The first-order chi connectivity index (χ1) is 7.67. The zero-order chi connectivity index (χ0) is 11.7. The van der Waals surface area contributed by atoms with Gasteiger partial charge in [0.15, 0.2) is 5.16 Å². The number of nitrogens with zero attached hydrogens (tertiary/aromatic N) is 1. The van der Waals surface area contributed by atoms with Gasteiger partial charge in [0.25, 0.3) is 0 Å². The van der Waals surface area contributed by atoms with Gasteiger partial charge in [0.2, 0.25) is 0 Å². The van der Waals surface area contributed by atoms with Crippen molar-refractivity contribution in [3.63, 3.8) is 0 Å². The topological polar surface area (TPSA) is 55.0 Å². The van der Waals surface area contributed by atoms with E-state index in [1.807, 2.05) is 6.26 Å². The average Bonchev–Trinajstić information content (AvgIpc) is 2.71. The summed E-state index contributed by atoms with van der Waals surface area (Å²) < 4.78 is 4.68. The van der Waals surface area contributed by atoms with Crippen molar-refractivity contribution in [1.82, 2.24) is 9.97 Å². The van der Waals surface area contributed by atoms with E-state index in [4.69, 9.17) is 11.6 Å². The van der Waals surface area contributed by atoms with E-state index in [0.717, 1.165) is 10.7 Å². The third-order valence-corrected chi connectivity index (χ3v) is 3.06. The molecule has 1 N–H and O–H groups in total. The number of methoxy groups -OCH3 is 1. The Kier molecular flexibility index (Phi) is 3.07. The summed E-state index contributed by atoms with van der Waals surface area (Å²) in [4.78, 5) is 18.9. The van der Waals surface area contributed by atoms with Crippen LogP contribution in [0.1, 0.15) is 10.4 Å². The number of aromatic amines is 1. The van der Waals surface area contributed by atoms with Crippen LogP contribution in [0.25, 0.3) is 11.0 Å². The molecule has 0 aliphatic rings. The maximum absolute atomic E-state index is 11.6. The van der Waals surface area contributed by atoms with Crippen molar-refractivity contribution in [2.24, 2.45) is 0 Å². The van der Waals surface area contributed by atoms with Gasteiger partial charge in [0.1, 0.15) is 11.1 Å². The highest BCUT2D eigenvalue weighted by molar-refractivity contribution is 7.98. The first kappa shape index (κ1) is 11.3. The number of benzene rings is 1. The summed E-state index contributed by atoms with van der Waals surface area (Å²) in [6.07, 6.45) is 1.90. The molecule has 1 aromatic carbocycles. The second-order valence-corrected chi connectivity index (χ2v) is 4.26. The summed E-state index contributed by atoms with van der Waals surface area (Å²) in [5, 5.41) is 1.08. The van der Waals surface area contributed by atoms with Crippen molar-refractivity contribution in [3.05, 3.63) is 22.7 Å². The lowest BCUT2D eigenvalue weighted by Gasteiger charge is -2.02. The van der Waals surface area contributed by atoms with E-state index in [0.29, 0.717) is 16.1 Å². The predicted molar refractivity (Wildman–Crippen MR) is 64.2 cm³/mol. The van der Waals surface area contributed by atoms with E-state index < -0.39 is 5.97 Å². The number of esters is 1. The van der Waals surface area contributed by atoms with E-state index in [2.05, 4.69) is 14.7 Å². The summed E-state index contributed by atoms with van der Waals surface area (Å²) >= 11 is 7.43. The Morgan fingerprint density at radius 3 is 2.94 bits per heavy atom. The molecule has 2 aromatic rings. The summed E-state index contributed by atoms with van der Waals surface area (Å²) in [7, 11) is 1.32. The van der Waals surface area contributed by atoms with Crippen LogP contribution in [-0.2, 0) is 4.74 Å². The molecule has 0 saturated carbocycles. The SMILES string of the molecule is COC(=O)c1c(Cl)ccc2[nH]c(SC)nc12. The molecule has 84 valence electrons. The monoisotopic (exact) mass is 256 g/mol. The smallest absolute Gasteiger partial charge is 0.341 e. The van der Waals surface area contributed by atoms with Crippen LogP contribution in [0.2, 0.25) is 5.02 Å². The number of nitrogens with one attached hydrogen (secondary N) is 1. The molecule has 2 rings (SSSR count). The number of thioether (sulfide) groups is 1. The molecule has 0 atom stereocenters. The van der Waals surface area contributed by atoms with Gasteiger partial charge in [0.05, 0.1) is 17.6 Å². The minimum atomic E-state index is -0.477. The van der Waals surface area contributed by atoms with Crippen molar-refractivity contribution >= 4 is 40.4 Å². The van der Waals surface area contributed by atoms with Gasteiger partial charge in [-0.3, -0.25) is 0 Å². The van der Waals surface area contributed by atoms with Gasteiger partial charge < -0.3 is 9.72 Å². The number of hydrogen-bond acceptors (Lipinski definition) is 4. The molecule has 1 heterocycles. The average molecular weight is 257 g/mol. The normalized spacial score (nSPS) is 10.7. The Morgan fingerprint density at radius 1 is 1.56 bits per heavy atom. The Hall–Kier alpha value is -1.20. The minimum Gasteiger partial charge on any atom is -0.465 e. The van der Waals surface area contributed by atoms with Crippen molar-refractivity contribution in [2.75, 3.05) is 13.4 Å².